The number of sulfonamides is 1. The fourth-order valence-corrected chi connectivity index (χ4v) is 4.62. The van der Waals surface area contributed by atoms with Gasteiger partial charge in [0.25, 0.3) is 5.91 Å². The average molecular weight is 374 g/mol. The van der Waals surface area contributed by atoms with Gasteiger partial charge in [-0.3, -0.25) is 9.10 Å². The van der Waals surface area contributed by atoms with Gasteiger partial charge in [0.05, 0.1) is 11.4 Å². The molecule has 0 spiro atoms. The van der Waals surface area contributed by atoms with E-state index in [1.807, 2.05) is 6.92 Å². The van der Waals surface area contributed by atoms with Crippen LogP contribution >= 0.6 is 0 Å². The fraction of sp³-hybridized carbons (Fsp3) is 0.278. The smallest absolute Gasteiger partial charge is 0.255 e. The van der Waals surface area contributed by atoms with Crippen LogP contribution in [0.3, 0.4) is 0 Å². The second-order valence-electron chi connectivity index (χ2n) is 6.26. The highest BCUT2D eigenvalue weighted by molar-refractivity contribution is 7.93. The van der Waals surface area contributed by atoms with Gasteiger partial charge >= 0.3 is 0 Å². The molecule has 0 aromatic heterocycles. The maximum atomic E-state index is 12.6. The van der Waals surface area contributed by atoms with Crippen LogP contribution in [0.1, 0.15) is 22.3 Å². The highest BCUT2D eigenvalue weighted by Crippen LogP contribution is 2.33. The molecule has 2 heterocycles. The van der Waals surface area contributed by atoms with Crippen LogP contribution in [0.25, 0.3) is 0 Å². The van der Waals surface area contributed by atoms with Crippen molar-refractivity contribution in [3.05, 3.63) is 47.5 Å². The van der Waals surface area contributed by atoms with Crippen molar-refractivity contribution in [2.75, 3.05) is 28.7 Å². The molecule has 0 aliphatic carbocycles. The van der Waals surface area contributed by atoms with Crippen molar-refractivity contribution in [1.29, 1.82) is 0 Å². The molecule has 2 aliphatic heterocycles. The molecule has 1 fully saturated rings. The molecule has 2 aromatic carbocycles. The van der Waals surface area contributed by atoms with Crippen LogP contribution in [0, 0.1) is 6.92 Å². The van der Waals surface area contributed by atoms with Crippen molar-refractivity contribution < 1.29 is 22.7 Å². The van der Waals surface area contributed by atoms with Crippen LogP contribution in [0.4, 0.5) is 11.4 Å². The molecule has 136 valence electrons. The van der Waals surface area contributed by atoms with E-state index in [-0.39, 0.29) is 18.5 Å². The highest BCUT2D eigenvalue weighted by Gasteiger charge is 2.28. The summed E-state index contributed by atoms with van der Waals surface area (Å²) in [6, 6.07) is 10.2. The van der Waals surface area contributed by atoms with Gasteiger partial charge in [-0.25, -0.2) is 8.42 Å². The number of rotatable bonds is 3. The van der Waals surface area contributed by atoms with Crippen LogP contribution in [0.15, 0.2) is 36.4 Å². The zero-order valence-electron chi connectivity index (χ0n) is 14.2. The maximum Gasteiger partial charge on any atom is 0.255 e. The predicted octanol–water partition coefficient (Wildman–Crippen LogP) is 2.52. The third-order valence-electron chi connectivity index (χ3n) is 4.49. The molecule has 1 saturated heterocycles. The summed E-state index contributed by atoms with van der Waals surface area (Å²) in [5, 5.41) is 2.85. The second-order valence-corrected chi connectivity index (χ2v) is 8.28. The van der Waals surface area contributed by atoms with E-state index in [4.69, 9.17) is 9.47 Å². The van der Waals surface area contributed by atoms with E-state index in [1.54, 1.807) is 36.4 Å². The summed E-state index contributed by atoms with van der Waals surface area (Å²) in [5.41, 5.74) is 2.42. The Morgan fingerprint density at radius 2 is 1.92 bits per heavy atom. The minimum Gasteiger partial charge on any atom is -0.454 e. The van der Waals surface area contributed by atoms with Crippen LogP contribution in [-0.2, 0) is 10.0 Å². The lowest BCUT2D eigenvalue weighted by Crippen LogP contribution is -2.25. The van der Waals surface area contributed by atoms with E-state index in [2.05, 4.69) is 5.32 Å². The van der Waals surface area contributed by atoms with Gasteiger partial charge in [0.2, 0.25) is 16.8 Å². The molecule has 26 heavy (non-hydrogen) atoms. The maximum absolute atomic E-state index is 12.6. The largest absolute Gasteiger partial charge is 0.454 e. The summed E-state index contributed by atoms with van der Waals surface area (Å²) >= 11 is 0. The standard InChI is InChI=1S/C18H18N2O5S/c1-12-3-5-14(20-7-2-8-26(20,22)23)10-15(12)19-18(21)13-4-6-16-17(9-13)25-11-24-16/h3-6,9-10H,2,7-8,11H2,1H3,(H,19,21). The SMILES string of the molecule is Cc1ccc(N2CCCS2(=O)=O)cc1NC(=O)c1ccc2c(c1)OCO2. The Morgan fingerprint density at radius 3 is 2.69 bits per heavy atom. The third kappa shape index (κ3) is 2.96. The number of aryl methyl sites for hydroxylation is 1. The number of benzene rings is 2. The minimum absolute atomic E-state index is 0.145. The molecule has 2 aromatic rings. The number of nitrogens with zero attached hydrogens (tertiary/aromatic N) is 1. The molecule has 0 atom stereocenters. The molecule has 0 radical (unpaired) electrons. The Hall–Kier alpha value is -2.74. The Bertz CT molecular complexity index is 987. The first-order valence-electron chi connectivity index (χ1n) is 8.26. The Kier molecular flexibility index (Phi) is 3.99. The first kappa shape index (κ1) is 16.7. The van der Waals surface area contributed by atoms with Crippen LogP contribution in [-0.4, -0.2) is 33.4 Å². The molecule has 8 heteroatoms. The van der Waals surface area contributed by atoms with Crippen molar-refractivity contribution in [3.63, 3.8) is 0 Å². The second kappa shape index (κ2) is 6.21. The molecule has 2 aliphatic rings. The number of anilines is 2. The molecule has 7 nitrogen and oxygen atoms in total. The first-order chi connectivity index (χ1) is 12.4. The topological polar surface area (TPSA) is 84.9 Å². The van der Waals surface area contributed by atoms with Crippen LogP contribution < -0.4 is 19.1 Å². The monoisotopic (exact) mass is 374 g/mol. The lowest BCUT2D eigenvalue weighted by Gasteiger charge is -2.19. The molecule has 4 rings (SSSR count). The number of nitrogens with one attached hydrogen (secondary N) is 1. The van der Waals surface area contributed by atoms with Gasteiger partial charge in [0.15, 0.2) is 11.5 Å². The van der Waals surface area contributed by atoms with Crippen molar-refractivity contribution >= 4 is 27.3 Å². The molecule has 0 bridgehead atoms. The minimum atomic E-state index is -3.27. The van der Waals surface area contributed by atoms with E-state index in [0.29, 0.717) is 41.4 Å². The van der Waals surface area contributed by atoms with Crippen molar-refractivity contribution in [3.8, 4) is 11.5 Å². The summed E-state index contributed by atoms with van der Waals surface area (Å²) in [6.07, 6.45) is 0.606. The van der Waals surface area contributed by atoms with Gasteiger partial charge < -0.3 is 14.8 Å². The molecule has 1 N–H and O–H groups in total. The van der Waals surface area contributed by atoms with Crippen molar-refractivity contribution in [2.45, 2.75) is 13.3 Å². The summed E-state index contributed by atoms with van der Waals surface area (Å²) in [6.45, 7) is 2.46. The van der Waals surface area contributed by atoms with E-state index in [0.717, 1.165) is 5.56 Å². The number of fused-ring (bicyclic) bond motifs is 1. The van der Waals surface area contributed by atoms with Crippen LogP contribution in [0.5, 0.6) is 11.5 Å². The molecular weight excluding hydrogens is 356 g/mol. The highest BCUT2D eigenvalue weighted by atomic mass is 32.2. The molecule has 1 amide bonds. The van der Waals surface area contributed by atoms with E-state index in [9.17, 15) is 13.2 Å². The van der Waals surface area contributed by atoms with Gasteiger partial charge in [-0.1, -0.05) is 6.07 Å². The Balaban J connectivity index is 1.60. The Morgan fingerprint density at radius 1 is 1.12 bits per heavy atom. The molecule has 0 saturated carbocycles. The zero-order chi connectivity index (χ0) is 18.3. The zero-order valence-corrected chi connectivity index (χ0v) is 15.0. The van der Waals surface area contributed by atoms with Crippen molar-refractivity contribution in [1.82, 2.24) is 0 Å². The first-order valence-corrected chi connectivity index (χ1v) is 9.87. The summed E-state index contributed by atoms with van der Waals surface area (Å²) in [5.74, 6) is 0.998. The van der Waals surface area contributed by atoms with Gasteiger partial charge in [0, 0.05) is 17.8 Å². The number of hydrogen-bond donors (Lipinski definition) is 1. The summed E-state index contributed by atoms with van der Waals surface area (Å²) in [4.78, 5) is 12.6. The number of carbonyl (C=O) groups is 1. The van der Waals surface area contributed by atoms with Gasteiger partial charge in [-0.15, -0.1) is 0 Å². The fourth-order valence-electron chi connectivity index (χ4n) is 3.06. The molecular formula is C18H18N2O5S. The van der Waals surface area contributed by atoms with Gasteiger partial charge in [-0.2, -0.15) is 0 Å². The normalized spacial score (nSPS) is 17.3. The number of amides is 1. The van der Waals surface area contributed by atoms with Gasteiger partial charge in [0.1, 0.15) is 0 Å². The summed E-state index contributed by atoms with van der Waals surface area (Å²) in [7, 11) is -3.27. The quantitative estimate of drug-likeness (QED) is 0.892. The van der Waals surface area contributed by atoms with Gasteiger partial charge in [-0.05, 0) is 49.2 Å². The third-order valence-corrected chi connectivity index (χ3v) is 6.36. The van der Waals surface area contributed by atoms with E-state index < -0.39 is 10.0 Å². The molecule has 0 unspecified atom stereocenters. The number of hydrogen-bond acceptors (Lipinski definition) is 5. The lowest BCUT2D eigenvalue weighted by molar-refractivity contribution is 0.102. The van der Waals surface area contributed by atoms with E-state index >= 15 is 0 Å². The lowest BCUT2D eigenvalue weighted by atomic mass is 10.1. The summed E-state index contributed by atoms with van der Waals surface area (Å²) < 4.78 is 36.2. The number of carbonyl (C=O) groups excluding carboxylic acids is 1. The Labute approximate surface area is 151 Å². The van der Waals surface area contributed by atoms with Crippen molar-refractivity contribution in [2.24, 2.45) is 0 Å². The predicted molar refractivity (Wildman–Crippen MR) is 97.4 cm³/mol. The van der Waals surface area contributed by atoms with Crippen LogP contribution in [0.2, 0.25) is 0 Å². The van der Waals surface area contributed by atoms with E-state index in [1.165, 1.54) is 4.31 Å². The average Bonchev–Trinajstić information content (AvgIpc) is 3.21. The number of ether oxygens (including phenoxy) is 2.